The Kier molecular flexibility index (Phi) is 5.12. The number of rotatable bonds is 4. The van der Waals surface area contributed by atoms with Crippen LogP contribution in [0.4, 0.5) is 4.39 Å². The Balaban J connectivity index is 2.25. The Hall–Kier alpha value is -1.42. The molecule has 1 aliphatic heterocycles. The molecule has 0 bridgehead atoms. The first-order valence-corrected chi connectivity index (χ1v) is 7.30. The van der Waals surface area contributed by atoms with Crippen LogP contribution in [0.2, 0.25) is 0 Å². The fourth-order valence-corrected chi connectivity index (χ4v) is 2.85. The van der Waals surface area contributed by atoms with Crippen molar-refractivity contribution in [1.29, 1.82) is 0 Å². The van der Waals surface area contributed by atoms with Crippen LogP contribution in [0.25, 0.3) is 0 Å². The van der Waals surface area contributed by atoms with Crippen molar-refractivity contribution in [3.63, 3.8) is 0 Å². The third-order valence-electron chi connectivity index (χ3n) is 4.03. The summed E-state index contributed by atoms with van der Waals surface area (Å²) < 4.78 is 13.8. The molecule has 1 aromatic carbocycles. The third-order valence-corrected chi connectivity index (χ3v) is 4.03. The molecule has 0 aliphatic carbocycles. The summed E-state index contributed by atoms with van der Waals surface area (Å²) in [6.07, 6.45) is 4.59. The van der Waals surface area contributed by atoms with Gasteiger partial charge < -0.3 is 5.11 Å². The zero-order valence-electron chi connectivity index (χ0n) is 11.9. The summed E-state index contributed by atoms with van der Waals surface area (Å²) in [6, 6.07) is 4.86. The molecule has 0 aromatic heterocycles. The Morgan fingerprint density at radius 3 is 2.50 bits per heavy atom. The molecule has 20 heavy (non-hydrogen) atoms. The average Bonchev–Trinajstić information content (AvgIpc) is 2.68. The summed E-state index contributed by atoms with van der Waals surface area (Å²) in [5.41, 5.74) is 1.37. The number of halogens is 1. The molecule has 1 heterocycles. The summed E-state index contributed by atoms with van der Waals surface area (Å²) in [5.74, 6) is -1.09. The van der Waals surface area contributed by atoms with E-state index in [1.807, 2.05) is 6.07 Å². The number of nitrogens with zero attached hydrogens (tertiary/aromatic N) is 1. The number of benzene rings is 1. The van der Waals surface area contributed by atoms with E-state index in [0.717, 1.165) is 31.5 Å². The predicted octanol–water partition coefficient (Wildman–Crippen LogP) is 3.53. The van der Waals surface area contributed by atoms with Gasteiger partial charge in [0.25, 0.3) is 0 Å². The largest absolute Gasteiger partial charge is 0.481 e. The van der Waals surface area contributed by atoms with E-state index in [4.69, 9.17) is 5.11 Å². The first-order valence-electron chi connectivity index (χ1n) is 7.30. The minimum Gasteiger partial charge on any atom is -0.481 e. The van der Waals surface area contributed by atoms with Crippen LogP contribution < -0.4 is 0 Å². The zero-order chi connectivity index (χ0) is 14.5. The van der Waals surface area contributed by atoms with Gasteiger partial charge in [-0.3, -0.25) is 9.69 Å². The number of carboxylic acid groups (broad SMARTS) is 1. The van der Waals surface area contributed by atoms with Gasteiger partial charge in [0.2, 0.25) is 0 Å². The van der Waals surface area contributed by atoms with E-state index in [0.29, 0.717) is 5.56 Å². The molecule has 1 unspecified atom stereocenters. The Labute approximate surface area is 119 Å². The number of carbonyl (C=O) groups is 1. The standard InChI is InChI=1S/C16H22FNO2/c1-12-6-7-13(10-14(12)17)15(11-16(19)20)18-8-4-2-3-5-9-18/h6-7,10,15H,2-5,8-9,11H2,1H3,(H,19,20). The second-order valence-electron chi connectivity index (χ2n) is 5.57. The summed E-state index contributed by atoms with van der Waals surface area (Å²) in [5, 5.41) is 9.15. The Morgan fingerprint density at radius 2 is 1.95 bits per heavy atom. The Bertz CT molecular complexity index is 468. The highest BCUT2D eigenvalue weighted by atomic mass is 19.1. The lowest BCUT2D eigenvalue weighted by Gasteiger charge is -2.30. The minimum absolute atomic E-state index is 0.0303. The van der Waals surface area contributed by atoms with E-state index in [1.54, 1.807) is 13.0 Å². The van der Waals surface area contributed by atoms with Crippen molar-refractivity contribution in [3.05, 3.63) is 35.1 Å². The topological polar surface area (TPSA) is 40.5 Å². The normalized spacial score (nSPS) is 18.5. The number of aryl methyl sites for hydroxylation is 1. The van der Waals surface area contributed by atoms with Gasteiger partial charge in [0.15, 0.2) is 0 Å². The van der Waals surface area contributed by atoms with E-state index < -0.39 is 5.97 Å². The molecule has 3 nitrogen and oxygen atoms in total. The van der Waals surface area contributed by atoms with Crippen molar-refractivity contribution in [1.82, 2.24) is 4.90 Å². The highest BCUT2D eigenvalue weighted by Crippen LogP contribution is 2.28. The van der Waals surface area contributed by atoms with Crippen LogP contribution in [-0.4, -0.2) is 29.1 Å². The van der Waals surface area contributed by atoms with Crippen LogP contribution in [0, 0.1) is 12.7 Å². The van der Waals surface area contributed by atoms with E-state index in [9.17, 15) is 9.18 Å². The van der Waals surface area contributed by atoms with Gasteiger partial charge in [0.05, 0.1) is 6.42 Å². The van der Waals surface area contributed by atoms with Gasteiger partial charge in [-0.25, -0.2) is 4.39 Å². The maximum Gasteiger partial charge on any atom is 0.305 e. The number of aliphatic carboxylic acids is 1. The molecule has 110 valence electrons. The number of likely N-dealkylation sites (tertiary alicyclic amines) is 1. The lowest BCUT2D eigenvalue weighted by molar-refractivity contribution is -0.138. The molecule has 1 aromatic rings. The summed E-state index contributed by atoms with van der Waals surface area (Å²) in [4.78, 5) is 13.3. The molecule has 0 spiro atoms. The van der Waals surface area contributed by atoms with Crippen LogP contribution in [0.15, 0.2) is 18.2 Å². The van der Waals surface area contributed by atoms with Crippen molar-refractivity contribution in [2.24, 2.45) is 0 Å². The zero-order valence-corrected chi connectivity index (χ0v) is 11.9. The molecule has 0 saturated carbocycles. The molecule has 1 fully saturated rings. The van der Waals surface area contributed by atoms with Crippen molar-refractivity contribution in [2.45, 2.75) is 45.1 Å². The minimum atomic E-state index is -0.833. The smallest absolute Gasteiger partial charge is 0.305 e. The fourth-order valence-electron chi connectivity index (χ4n) is 2.85. The summed E-state index contributed by atoms with van der Waals surface area (Å²) in [6.45, 7) is 3.51. The number of hydrogen-bond acceptors (Lipinski definition) is 2. The molecule has 0 amide bonds. The van der Waals surface area contributed by atoms with Crippen LogP contribution >= 0.6 is 0 Å². The second kappa shape index (κ2) is 6.84. The monoisotopic (exact) mass is 279 g/mol. The van der Waals surface area contributed by atoms with Gasteiger partial charge in [-0.05, 0) is 50.0 Å². The van der Waals surface area contributed by atoms with Gasteiger partial charge in [0.1, 0.15) is 5.82 Å². The quantitative estimate of drug-likeness (QED) is 0.916. The van der Waals surface area contributed by atoms with E-state index in [1.165, 1.54) is 18.9 Å². The van der Waals surface area contributed by atoms with Gasteiger partial charge in [-0.2, -0.15) is 0 Å². The average molecular weight is 279 g/mol. The van der Waals surface area contributed by atoms with E-state index >= 15 is 0 Å². The molecule has 1 atom stereocenters. The molecule has 1 aliphatic rings. The van der Waals surface area contributed by atoms with Gasteiger partial charge in [0, 0.05) is 6.04 Å². The van der Waals surface area contributed by atoms with Crippen LogP contribution in [0.5, 0.6) is 0 Å². The molecule has 0 radical (unpaired) electrons. The highest BCUT2D eigenvalue weighted by molar-refractivity contribution is 5.68. The lowest BCUT2D eigenvalue weighted by Crippen LogP contribution is -2.31. The van der Waals surface area contributed by atoms with Crippen LogP contribution in [0.1, 0.15) is 49.3 Å². The third kappa shape index (κ3) is 3.79. The maximum atomic E-state index is 13.8. The molecular formula is C16H22FNO2. The van der Waals surface area contributed by atoms with Crippen LogP contribution in [0.3, 0.4) is 0 Å². The molecule has 1 saturated heterocycles. The number of carboxylic acids is 1. The first kappa shape index (κ1) is 15.0. The fraction of sp³-hybridized carbons (Fsp3) is 0.562. The van der Waals surface area contributed by atoms with Crippen LogP contribution in [-0.2, 0) is 4.79 Å². The van der Waals surface area contributed by atoms with Gasteiger partial charge in [-0.1, -0.05) is 25.0 Å². The van der Waals surface area contributed by atoms with Gasteiger partial charge in [-0.15, -0.1) is 0 Å². The van der Waals surface area contributed by atoms with Crippen molar-refractivity contribution >= 4 is 5.97 Å². The van der Waals surface area contributed by atoms with Gasteiger partial charge >= 0.3 is 5.97 Å². The van der Waals surface area contributed by atoms with E-state index in [-0.39, 0.29) is 18.3 Å². The van der Waals surface area contributed by atoms with Crippen molar-refractivity contribution < 1.29 is 14.3 Å². The predicted molar refractivity (Wildman–Crippen MR) is 76.2 cm³/mol. The van der Waals surface area contributed by atoms with Crippen molar-refractivity contribution in [3.8, 4) is 0 Å². The number of hydrogen-bond donors (Lipinski definition) is 1. The molecule has 1 N–H and O–H groups in total. The summed E-state index contributed by atoms with van der Waals surface area (Å²) >= 11 is 0. The summed E-state index contributed by atoms with van der Waals surface area (Å²) in [7, 11) is 0. The van der Waals surface area contributed by atoms with Crippen molar-refractivity contribution in [2.75, 3.05) is 13.1 Å². The highest BCUT2D eigenvalue weighted by Gasteiger charge is 2.24. The SMILES string of the molecule is Cc1ccc(C(CC(=O)O)N2CCCCCC2)cc1F. The first-order chi connectivity index (χ1) is 9.58. The molecular weight excluding hydrogens is 257 g/mol. The molecule has 4 heteroatoms. The second-order valence-corrected chi connectivity index (χ2v) is 5.57. The Morgan fingerprint density at radius 1 is 1.30 bits per heavy atom. The lowest BCUT2D eigenvalue weighted by atomic mass is 10.00. The molecule has 2 rings (SSSR count). The maximum absolute atomic E-state index is 13.8. The van der Waals surface area contributed by atoms with E-state index in [2.05, 4.69) is 4.90 Å².